The second-order valence-corrected chi connectivity index (χ2v) is 9.51. The molecule has 0 spiro atoms. The molecule has 0 saturated heterocycles. The lowest BCUT2D eigenvalue weighted by Gasteiger charge is -2.26. The highest BCUT2D eigenvalue weighted by atomic mass is 32.2. The van der Waals surface area contributed by atoms with Gasteiger partial charge in [0.05, 0.1) is 15.9 Å². The molecule has 0 unspecified atom stereocenters. The van der Waals surface area contributed by atoms with Gasteiger partial charge in [-0.05, 0) is 51.5 Å². The summed E-state index contributed by atoms with van der Waals surface area (Å²) in [7, 11) is -2.21. The first-order chi connectivity index (χ1) is 13.3. The Labute approximate surface area is 170 Å². The van der Waals surface area contributed by atoms with Crippen LogP contribution in [0.4, 0.5) is 5.69 Å². The largest absolute Gasteiger partial charge is 0.335 e. The van der Waals surface area contributed by atoms with Crippen LogP contribution in [-0.4, -0.2) is 36.7 Å². The first-order valence-corrected chi connectivity index (χ1v) is 10.5. The Kier molecular flexibility index (Phi) is 6.44. The number of rotatable bonds is 6. The van der Waals surface area contributed by atoms with Crippen molar-refractivity contribution in [2.75, 3.05) is 7.05 Å². The minimum atomic E-state index is -3.78. The first-order valence-electron chi connectivity index (χ1n) is 8.97. The van der Waals surface area contributed by atoms with Crippen LogP contribution in [0.25, 0.3) is 0 Å². The van der Waals surface area contributed by atoms with Crippen LogP contribution < -0.4 is 4.72 Å². The summed E-state index contributed by atoms with van der Waals surface area (Å²) in [5, 5.41) is 11.0. The molecule has 2 aromatic carbocycles. The van der Waals surface area contributed by atoms with Gasteiger partial charge in [0.1, 0.15) is 0 Å². The second kappa shape index (κ2) is 8.30. The summed E-state index contributed by atoms with van der Waals surface area (Å²) in [4.78, 5) is 24.8. The van der Waals surface area contributed by atoms with Crippen LogP contribution in [0.15, 0.2) is 53.4 Å². The van der Waals surface area contributed by atoms with Gasteiger partial charge in [-0.1, -0.05) is 18.2 Å². The summed E-state index contributed by atoms with van der Waals surface area (Å²) in [6.45, 7) is 6.94. The van der Waals surface area contributed by atoms with Crippen molar-refractivity contribution in [1.82, 2.24) is 9.62 Å². The summed E-state index contributed by atoms with van der Waals surface area (Å²) in [6.07, 6.45) is 0. The fraction of sp³-hybridized carbons (Fsp3) is 0.350. The third kappa shape index (κ3) is 5.61. The lowest BCUT2D eigenvalue weighted by molar-refractivity contribution is -0.384. The highest BCUT2D eigenvalue weighted by Gasteiger charge is 2.25. The second-order valence-electron chi connectivity index (χ2n) is 7.83. The van der Waals surface area contributed by atoms with Crippen molar-refractivity contribution in [2.24, 2.45) is 0 Å². The number of hydrogen-bond donors (Lipinski definition) is 1. The summed E-state index contributed by atoms with van der Waals surface area (Å²) in [6, 6.07) is 11.4. The summed E-state index contributed by atoms with van der Waals surface area (Å²) in [5.74, 6) is -0.392. The van der Waals surface area contributed by atoms with Crippen molar-refractivity contribution in [2.45, 2.75) is 44.2 Å². The Morgan fingerprint density at radius 2 is 1.76 bits per heavy atom. The third-order valence-corrected chi connectivity index (χ3v) is 6.05. The van der Waals surface area contributed by atoms with Gasteiger partial charge in [-0.15, -0.1) is 0 Å². The van der Waals surface area contributed by atoms with E-state index in [4.69, 9.17) is 0 Å². The topological polar surface area (TPSA) is 110 Å². The van der Waals surface area contributed by atoms with Crippen LogP contribution >= 0.6 is 0 Å². The SMILES string of the molecule is C[C@H](c1cccc([N+](=O)[O-])c1)N(C)C(=O)c1cccc(S(=O)(=O)NC(C)(C)C)c1. The van der Waals surface area contributed by atoms with Gasteiger partial charge in [0.15, 0.2) is 0 Å². The fourth-order valence-electron chi connectivity index (χ4n) is 2.76. The molecule has 0 bridgehead atoms. The molecule has 0 aliphatic heterocycles. The molecule has 0 radical (unpaired) electrons. The van der Waals surface area contributed by atoms with Crippen molar-refractivity contribution in [3.8, 4) is 0 Å². The van der Waals surface area contributed by atoms with Gasteiger partial charge in [-0.25, -0.2) is 13.1 Å². The molecule has 1 atom stereocenters. The number of nitrogens with one attached hydrogen (secondary N) is 1. The molecule has 0 saturated carbocycles. The Morgan fingerprint density at radius 3 is 2.34 bits per heavy atom. The Bertz CT molecular complexity index is 1030. The quantitative estimate of drug-likeness (QED) is 0.569. The average Bonchev–Trinajstić information content (AvgIpc) is 2.64. The lowest BCUT2D eigenvalue weighted by atomic mass is 10.1. The number of nitrogens with zero attached hydrogens (tertiary/aromatic N) is 2. The molecule has 9 heteroatoms. The third-order valence-electron chi connectivity index (χ3n) is 4.30. The van der Waals surface area contributed by atoms with Crippen LogP contribution in [0.2, 0.25) is 0 Å². The predicted octanol–water partition coefficient (Wildman–Crippen LogP) is 3.50. The highest BCUT2D eigenvalue weighted by Crippen LogP contribution is 2.25. The Balaban J connectivity index is 2.30. The van der Waals surface area contributed by atoms with Gasteiger partial charge in [-0.3, -0.25) is 14.9 Å². The van der Waals surface area contributed by atoms with Crippen LogP contribution in [0.1, 0.15) is 49.7 Å². The molecule has 156 valence electrons. The van der Waals surface area contributed by atoms with Gasteiger partial charge in [0.2, 0.25) is 10.0 Å². The fourth-order valence-corrected chi connectivity index (χ4v) is 4.22. The summed E-state index contributed by atoms with van der Waals surface area (Å²) < 4.78 is 27.7. The molecule has 0 aromatic heterocycles. The van der Waals surface area contributed by atoms with Crippen molar-refractivity contribution in [3.63, 3.8) is 0 Å². The standard InChI is InChI=1S/C20H25N3O5S/c1-14(15-8-6-10-17(12-15)23(25)26)22(5)19(24)16-9-7-11-18(13-16)29(27,28)21-20(2,3)4/h6-14,21H,1-5H3/t14-/m1/s1. The molecule has 2 rings (SSSR count). The maximum absolute atomic E-state index is 12.9. The van der Waals surface area contributed by atoms with Crippen molar-refractivity contribution in [3.05, 3.63) is 69.8 Å². The number of hydrogen-bond acceptors (Lipinski definition) is 5. The molecule has 0 fully saturated rings. The molecule has 1 N–H and O–H groups in total. The minimum absolute atomic E-state index is 0.00493. The van der Waals surface area contributed by atoms with E-state index in [-0.39, 0.29) is 16.1 Å². The molecular formula is C20H25N3O5S. The van der Waals surface area contributed by atoms with E-state index in [1.165, 1.54) is 41.3 Å². The normalized spacial score (nSPS) is 13.0. The monoisotopic (exact) mass is 419 g/mol. The Hall–Kier alpha value is -2.78. The molecule has 0 heterocycles. The van der Waals surface area contributed by atoms with Gasteiger partial charge < -0.3 is 4.90 Å². The molecule has 0 aliphatic rings. The van der Waals surface area contributed by atoms with E-state index in [1.807, 2.05) is 0 Å². The van der Waals surface area contributed by atoms with E-state index in [2.05, 4.69) is 4.72 Å². The Morgan fingerprint density at radius 1 is 1.14 bits per heavy atom. The number of carbonyl (C=O) groups excluding carboxylic acids is 1. The van der Waals surface area contributed by atoms with E-state index in [1.54, 1.807) is 46.9 Å². The summed E-state index contributed by atoms with van der Waals surface area (Å²) >= 11 is 0. The molecular weight excluding hydrogens is 394 g/mol. The van der Waals surface area contributed by atoms with Crippen LogP contribution in [-0.2, 0) is 10.0 Å². The number of sulfonamides is 1. The molecule has 8 nitrogen and oxygen atoms in total. The smallest absolute Gasteiger partial charge is 0.269 e. The van der Waals surface area contributed by atoms with E-state index >= 15 is 0 Å². The van der Waals surface area contributed by atoms with Gasteiger partial charge in [0.25, 0.3) is 11.6 Å². The first kappa shape index (κ1) is 22.5. The van der Waals surface area contributed by atoms with Crippen LogP contribution in [0.3, 0.4) is 0 Å². The zero-order chi connectivity index (χ0) is 22.0. The van der Waals surface area contributed by atoms with E-state index in [0.29, 0.717) is 5.56 Å². The van der Waals surface area contributed by atoms with Crippen molar-refractivity contribution < 1.29 is 18.1 Å². The van der Waals surface area contributed by atoms with Crippen LogP contribution in [0, 0.1) is 10.1 Å². The maximum atomic E-state index is 12.9. The summed E-state index contributed by atoms with van der Waals surface area (Å²) in [5.41, 5.74) is 0.0953. The number of carbonyl (C=O) groups is 1. The van der Waals surface area contributed by atoms with Crippen molar-refractivity contribution >= 4 is 21.6 Å². The highest BCUT2D eigenvalue weighted by molar-refractivity contribution is 7.89. The van der Waals surface area contributed by atoms with Gasteiger partial charge >= 0.3 is 0 Å². The van der Waals surface area contributed by atoms with E-state index in [9.17, 15) is 23.3 Å². The predicted molar refractivity (Wildman–Crippen MR) is 110 cm³/mol. The van der Waals surface area contributed by atoms with Crippen LogP contribution in [0.5, 0.6) is 0 Å². The zero-order valence-electron chi connectivity index (χ0n) is 17.0. The molecule has 29 heavy (non-hydrogen) atoms. The van der Waals surface area contributed by atoms with E-state index in [0.717, 1.165) is 0 Å². The lowest BCUT2D eigenvalue weighted by Crippen LogP contribution is -2.40. The average molecular weight is 420 g/mol. The number of amides is 1. The molecule has 1 amide bonds. The van der Waals surface area contributed by atoms with E-state index < -0.39 is 32.4 Å². The minimum Gasteiger partial charge on any atom is -0.335 e. The number of non-ortho nitro benzene ring substituents is 1. The number of nitro benzene ring substituents is 1. The van der Waals surface area contributed by atoms with Gasteiger partial charge in [-0.2, -0.15) is 0 Å². The van der Waals surface area contributed by atoms with Gasteiger partial charge in [0, 0.05) is 30.3 Å². The number of nitro groups is 1. The van der Waals surface area contributed by atoms with Crippen molar-refractivity contribution in [1.29, 1.82) is 0 Å². The molecule has 0 aliphatic carbocycles. The zero-order valence-corrected chi connectivity index (χ0v) is 17.9. The molecule has 2 aromatic rings. The number of benzene rings is 2. The maximum Gasteiger partial charge on any atom is 0.269 e.